The second kappa shape index (κ2) is 5.44. The van der Waals surface area contributed by atoms with Crippen LogP contribution in [0.5, 0.6) is 0 Å². The van der Waals surface area contributed by atoms with Gasteiger partial charge in [-0.3, -0.25) is 13.8 Å². The van der Waals surface area contributed by atoms with Gasteiger partial charge in [0.15, 0.2) is 5.16 Å². The van der Waals surface area contributed by atoms with Gasteiger partial charge in [0.1, 0.15) is 0 Å². The van der Waals surface area contributed by atoms with Gasteiger partial charge in [-0.2, -0.15) is 0 Å². The molecule has 2 aromatic heterocycles. The van der Waals surface area contributed by atoms with Gasteiger partial charge in [-0.05, 0) is 37.0 Å². The number of fused-ring (bicyclic) bond motifs is 1. The summed E-state index contributed by atoms with van der Waals surface area (Å²) in [7, 11) is 0. The van der Waals surface area contributed by atoms with Gasteiger partial charge in [0.05, 0.1) is 5.69 Å². The Morgan fingerprint density at radius 2 is 2.14 bits per heavy atom. The number of aromatic nitrogens is 4. The molecule has 1 saturated carbocycles. The standard InChI is InChI=1S/C15H13ClN4OS/c16-11-2-1-3-12(8-11)19-6-7-20-13(14(19)21)17-18-15(20)22-9-10-4-5-10/h1-3,6-8,10H,4-5,9H2. The predicted octanol–water partition coefficient (Wildman–Crippen LogP) is 3.04. The van der Waals surface area contributed by atoms with Crippen molar-refractivity contribution in [3.63, 3.8) is 0 Å². The molecule has 3 aromatic rings. The Balaban J connectivity index is 1.76. The van der Waals surface area contributed by atoms with E-state index in [0.29, 0.717) is 10.7 Å². The second-order valence-electron chi connectivity index (χ2n) is 5.38. The van der Waals surface area contributed by atoms with Crippen LogP contribution in [0.25, 0.3) is 11.3 Å². The number of benzene rings is 1. The van der Waals surface area contributed by atoms with Crippen LogP contribution in [0.3, 0.4) is 0 Å². The molecule has 0 unspecified atom stereocenters. The van der Waals surface area contributed by atoms with E-state index in [2.05, 4.69) is 10.2 Å². The number of hydrogen-bond donors (Lipinski definition) is 0. The third kappa shape index (κ3) is 2.53. The minimum Gasteiger partial charge on any atom is -0.280 e. The SMILES string of the molecule is O=c1c2nnc(SCC3CC3)n2ccn1-c1cccc(Cl)c1. The summed E-state index contributed by atoms with van der Waals surface area (Å²) >= 11 is 7.65. The summed E-state index contributed by atoms with van der Waals surface area (Å²) in [5.41, 5.74) is 0.853. The highest BCUT2D eigenvalue weighted by molar-refractivity contribution is 7.99. The summed E-state index contributed by atoms with van der Waals surface area (Å²) in [6.45, 7) is 0. The summed E-state index contributed by atoms with van der Waals surface area (Å²) in [4.78, 5) is 12.6. The molecule has 0 saturated heterocycles. The van der Waals surface area contributed by atoms with Gasteiger partial charge < -0.3 is 0 Å². The van der Waals surface area contributed by atoms with Crippen LogP contribution >= 0.6 is 23.4 Å². The first kappa shape index (κ1) is 13.8. The average Bonchev–Trinajstić information content (AvgIpc) is 3.25. The fourth-order valence-corrected chi connectivity index (χ4v) is 3.56. The topological polar surface area (TPSA) is 52.2 Å². The summed E-state index contributed by atoms with van der Waals surface area (Å²) in [5, 5.41) is 9.56. The summed E-state index contributed by atoms with van der Waals surface area (Å²) < 4.78 is 3.29. The molecule has 1 aliphatic carbocycles. The van der Waals surface area contributed by atoms with E-state index in [-0.39, 0.29) is 5.56 Å². The molecule has 112 valence electrons. The van der Waals surface area contributed by atoms with E-state index in [1.165, 1.54) is 17.4 Å². The molecule has 22 heavy (non-hydrogen) atoms. The zero-order chi connectivity index (χ0) is 15.1. The van der Waals surface area contributed by atoms with Crippen molar-refractivity contribution < 1.29 is 0 Å². The van der Waals surface area contributed by atoms with Crippen molar-refractivity contribution in [1.29, 1.82) is 0 Å². The maximum absolute atomic E-state index is 12.6. The first-order chi connectivity index (χ1) is 10.7. The number of thioether (sulfide) groups is 1. The highest BCUT2D eigenvalue weighted by Gasteiger charge is 2.22. The molecule has 0 amide bonds. The second-order valence-corrected chi connectivity index (χ2v) is 6.81. The minimum absolute atomic E-state index is 0.199. The summed E-state index contributed by atoms with van der Waals surface area (Å²) in [6, 6.07) is 7.18. The van der Waals surface area contributed by atoms with Gasteiger partial charge >= 0.3 is 5.56 Å². The Bertz CT molecular complexity index is 900. The van der Waals surface area contributed by atoms with E-state index < -0.39 is 0 Å². The van der Waals surface area contributed by atoms with Gasteiger partial charge in [0.2, 0.25) is 5.65 Å². The van der Waals surface area contributed by atoms with E-state index in [1.54, 1.807) is 34.5 Å². The van der Waals surface area contributed by atoms with Crippen molar-refractivity contribution >= 4 is 29.0 Å². The van der Waals surface area contributed by atoms with Crippen molar-refractivity contribution in [3.05, 3.63) is 52.0 Å². The van der Waals surface area contributed by atoms with Crippen LogP contribution in [0.15, 0.2) is 46.6 Å². The van der Waals surface area contributed by atoms with Crippen LogP contribution in [0, 0.1) is 5.92 Å². The van der Waals surface area contributed by atoms with E-state index in [4.69, 9.17) is 11.6 Å². The van der Waals surface area contributed by atoms with Crippen LogP contribution in [-0.2, 0) is 0 Å². The fourth-order valence-electron chi connectivity index (χ4n) is 2.27. The third-order valence-electron chi connectivity index (χ3n) is 3.67. The Kier molecular flexibility index (Phi) is 3.43. The van der Waals surface area contributed by atoms with Gasteiger partial charge in [0, 0.05) is 23.2 Å². The molecule has 7 heteroatoms. The average molecular weight is 333 g/mol. The van der Waals surface area contributed by atoms with Gasteiger partial charge in [0.25, 0.3) is 0 Å². The highest BCUT2D eigenvalue weighted by Crippen LogP contribution is 2.34. The largest absolute Gasteiger partial charge is 0.300 e. The number of hydrogen-bond acceptors (Lipinski definition) is 4. The third-order valence-corrected chi connectivity index (χ3v) is 5.08. The molecule has 0 radical (unpaired) electrons. The summed E-state index contributed by atoms with van der Waals surface area (Å²) in [6.07, 6.45) is 6.15. The minimum atomic E-state index is -0.199. The molecule has 0 atom stereocenters. The molecule has 1 fully saturated rings. The molecule has 0 bridgehead atoms. The van der Waals surface area contributed by atoms with Gasteiger partial charge in [-0.25, -0.2) is 0 Å². The van der Waals surface area contributed by atoms with Crippen molar-refractivity contribution in [2.75, 3.05) is 5.75 Å². The number of nitrogens with zero attached hydrogens (tertiary/aromatic N) is 4. The molecular weight excluding hydrogens is 320 g/mol. The Labute approximate surface area is 135 Å². The lowest BCUT2D eigenvalue weighted by atomic mass is 10.3. The number of rotatable bonds is 4. The van der Waals surface area contributed by atoms with E-state index in [1.807, 2.05) is 18.3 Å². The molecule has 4 rings (SSSR count). The number of halogens is 1. The molecule has 1 aliphatic rings. The molecule has 2 heterocycles. The molecule has 1 aromatic carbocycles. The maximum Gasteiger partial charge on any atom is 0.300 e. The first-order valence-corrected chi connectivity index (χ1v) is 8.44. The van der Waals surface area contributed by atoms with E-state index >= 15 is 0 Å². The quantitative estimate of drug-likeness (QED) is 0.689. The fraction of sp³-hybridized carbons (Fsp3) is 0.267. The Hall–Kier alpha value is -1.79. The van der Waals surface area contributed by atoms with Gasteiger partial charge in [-0.15, -0.1) is 10.2 Å². The lowest BCUT2D eigenvalue weighted by molar-refractivity contribution is 0.887. The van der Waals surface area contributed by atoms with E-state index in [9.17, 15) is 4.79 Å². The lowest BCUT2D eigenvalue weighted by Crippen LogP contribution is -2.20. The first-order valence-electron chi connectivity index (χ1n) is 7.07. The molecule has 0 aliphatic heterocycles. The molecular formula is C15H13ClN4OS. The lowest BCUT2D eigenvalue weighted by Gasteiger charge is -2.06. The zero-order valence-electron chi connectivity index (χ0n) is 11.6. The predicted molar refractivity (Wildman–Crippen MR) is 87.0 cm³/mol. The van der Waals surface area contributed by atoms with E-state index in [0.717, 1.165) is 22.5 Å². The van der Waals surface area contributed by atoms with Crippen molar-refractivity contribution in [2.24, 2.45) is 5.92 Å². The molecule has 5 nitrogen and oxygen atoms in total. The Morgan fingerprint density at radius 3 is 2.91 bits per heavy atom. The van der Waals surface area contributed by atoms with Gasteiger partial charge in [-0.1, -0.05) is 29.4 Å². The molecule has 0 spiro atoms. The van der Waals surface area contributed by atoms with Crippen LogP contribution in [-0.4, -0.2) is 24.9 Å². The van der Waals surface area contributed by atoms with Crippen LogP contribution in [0.1, 0.15) is 12.8 Å². The zero-order valence-corrected chi connectivity index (χ0v) is 13.2. The van der Waals surface area contributed by atoms with Crippen molar-refractivity contribution in [1.82, 2.24) is 19.2 Å². The summed E-state index contributed by atoms with van der Waals surface area (Å²) in [5.74, 6) is 1.84. The van der Waals surface area contributed by atoms with Crippen LogP contribution in [0.4, 0.5) is 0 Å². The monoisotopic (exact) mass is 332 g/mol. The smallest absolute Gasteiger partial charge is 0.280 e. The molecule has 0 N–H and O–H groups in total. The maximum atomic E-state index is 12.6. The van der Waals surface area contributed by atoms with Crippen molar-refractivity contribution in [3.8, 4) is 5.69 Å². The van der Waals surface area contributed by atoms with Crippen LogP contribution in [0.2, 0.25) is 5.02 Å². The Morgan fingerprint density at radius 1 is 1.27 bits per heavy atom. The van der Waals surface area contributed by atoms with Crippen molar-refractivity contribution in [2.45, 2.75) is 18.0 Å². The highest BCUT2D eigenvalue weighted by atomic mass is 35.5. The normalized spacial score (nSPS) is 14.6. The van der Waals surface area contributed by atoms with Crippen LogP contribution < -0.4 is 5.56 Å².